The van der Waals surface area contributed by atoms with Crippen LogP contribution in [0.15, 0.2) is 47.8 Å². The highest BCUT2D eigenvalue weighted by Gasteiger charge is 2.19. The number of aryl methyl sites for hydroxylation is 2. The van der Waals surface area contributed by atoms with Gasteiger partial charge >= 0.3 is 0 Å². The summed E-state index contributed by atoms with van der Waals surface area (Å²) in [6.45, 7) is 2.21. The Balaban J connectivity index is 1.65. The van der Waals surface area contributed by atoms with Gasteiger partial charge in [0.1, 0.15) is 5.82 Å². The van der Waals surface area contributed by atoms with Crippen molar-refractivity contribution < 1.29 is 9.18 Å². The minimum absolute atomic E-state index is 0.211. The van der Waals surface area contributed by atoms with Crippen LogP contribution in [-0.2, 0) is 13.5 Å². The fraction of sp³-hybridized carbons (Fsp3) is 0.190. The lowest BCUT2D eigenvalue weighted by Gasteiger charge is -2.09. The molecule has 0 atom stereocenters. The average molecular weight is 394 g/mol. The van der Waals surface area contributed by atoms with E-state index in [0.29, 0.717) is 29.7 Å². The van der Waals surface area contributed by atoms with Crippen molar-refractivity contribution in [2.24, 2.45) is 7.05 Å². The highest BCUT2D eigenvalue weighted by atomic mass is 32.1. The first kappa shape index (κ1) is 18.3. The largest absolute Gasteiger partial charge is 0.352 e. The summed E-state index contributed by atoms with van der Waals surface area (Å²) >= 11 is 1.57. The lowest BCUT2D eigenvalue weighted by Crippen LogP contribution is -2.26. The van der Waals surface area contributed by atoms with Crippen molar-refractivity contribution in [1.82, 2.24) is 20.1 Å². The molecular weight excluding hydrogens is 375 g/mol. The van der Waals surface area contributed by atoms with Crippen molar-refractivity contribution in [2.75, 3.05) is 6.54 Å². The summed E-state index contributed by atoms with van der Waals surface area (Å²) in [7, 11) is 1.82. The number of thiophene rings is 1. The van der Waals surface area contributed by atoms with Crippen molar-refractivity contribution in [3.8, 4) is 10.6 Å². The number of nitrogens with zero attached hydrogens (tertiary/aromatic N) is 3. The molecule has 3 aromatic heterocycles. The van der Waals surface area contributed by atoms with Crippen LogP contribution < -0.4 is 5.32 Å². The lowest BCUT2D eigenvalue weighted by molar-refractivity contribution is 0.0955. The van der Waals surface area contributed by atoms with Crippen LogP contribution in [0.5, 0.6) is 0 Å². The van der Waals surface area contributed by atoms with E-state index in [1.54, 1.807) is 40.3 Å². The molecule has 5 nitrogen and oxygen atoms in total. The summed E-state index contributed by atoms with van der Waals surface area (Å²) in [5.41, 5.74) is 3.28. The number of carbonyl (C=O) groups excluding carboxylic acids is 1. The summed E-state index contributed by atoms with van der Waals surface area (Å²) in [5, 5.41) is 10.0. The van der Waals surface area contributed by atoms with Gasteiger partial charge < -0.3 is 5.32 Å². The quantitative estimate of drug-likeness (QED) is 0.554. The third kappa shape index (κ3) is 3.41. The molecule has 0 radical (unpaired) electrons. The summed E-state index contributed by atoms with van der Waals surface area (Å²) in [5.74, 6) is -0.469. The van der Waals surface area contributed by atoms with Crippen LogP contribution in [0.2, 0.25) is 0 Å². The number of pyridine rings is 1. The average Bonchev–Trinajstić information content (AvgIpc) is 3.31. The molecule has 0 fully saturated rings. The molecule has 1 aromatic carbocycles. The standard InChI is InChI=1S/C21H19FN4OS/c1-13-19-15(21(27)23-10-9-14-6-3-4-7-16(14)22)12-17(18-8-5-11-28-18)24-20(19)26(2)25-13/h3-8,11-12H,9-10H2,1-2H3,(H,23,27). The summed E-state index contributed by atoms with van der Waals surface area (Å²) in [4.78, 5) is 18.6. The molecule has 142 valence electrons. The van der Waals surface area contributed by atoms with E-state index >= 15 is 0 Å². The minimum atomic E-state index is -0.258. The van der Waals surface area contributed by atoms with E-state index in [-0.39, 0.29) is 11.7 Å². The van der Waals surface area contributed by atoms with Gasteiger partial charge in [-0.3, -0.25) is 9.48 Å². The van der Waals surface area contributed by atoms with Gasteiger partial charge in [-0.1, -0.05) is 24.3 Å². The number of hydrogen-bond donors (Lipinski definition) is 1. The smallest absolute Gasteiger partial charge is 0.252 e. The van der Waals surface area contributed by atoms with E-state index in [0.717, 1.165) is 21.7 Å². The Kier molecular flexibility index (Phi) is 4.92. The van der Waals surface area contributed by atoms with Crippen LogP contribution in [0, 0.1) is 12.7 Å². The first-order valence-corrected chi connectivity index (χ1v) is 9.82. The minimum Gasteiger partial charge on any atom is -0.352 e. The maximum absolute atomic E-state index is 13.8. The Labute approximate surface area is 165 Å². The van der Waals surface area contributed by atoms with Gasteiger partial charge in [-0.25, -0.2) is 9.37 Å². The molecule has 1 amide bonds. The Morgan fingerprint density at radius 3 is 2.82 bits per heavy atom. The van der Waals surface area contributed by atoms with Gasteiger partial charge in [-0.15, -0.1) is 11.3 Å². The molecule has 3 heterocycles. The topological polar surface area (TPSA) is 59.8 Å². The first-order valence-electron chi connectivity index (χ1n) is 8.94. The number of carbonyl (C=O) groups is 1. The van der Waals surface area contributed by atoms with Crippen LogP contribution in [0.3, 0.4) is 0 Å². The van der Waals surface area contributed by atoms with Crippen molar-refractivity contribution in [3.05, 3.63) is 70.5 Å². The van der Waals surface area contributed by atoms with E-state index in [1.807, 2.05) is 31.5 Å². The summed E-state index contributed by atoms with van der Waals surface area (Å²) in [6.07, 6.45) is 0.427. The third-order valence-corrected chi connectivity index (χ3v) is 5.52. The van der Waals surface area contributed by atoms with Gasteiger partial charge in [0, 0.05) is 13.6 Å². The molecule has 0 aliphatic rings. The zero-order chi connectivity index (χ0) is 19.7. The Morgan fingerprint density at radius 2 is 2.07 bits per heavy atom. The molecule has 4 rings (SSSR count). The van der Waals surface area contributed by atoms with Crippen molar-refractivity contribution >= 4 is 28.3 Å². The van der Waals surface area contributed by atoms with E-state index in [2.05, 4.69) is 10.4 Å². The lowest BCUT2D eigenvalue weighted by atomic mass is 10.1. The molecule has 0 saturated carbocycles. The predicted molar refractivity (Wildman–Crippen MR) is 109 cm³/mol. The van der Waals surface area contributed by atoms with Crippen LogP contribution in [-0.4, -0.2) is 27.2 Å². The molecule has 0 bridgehead atoms. The number of benzene rings is 1. The van der Waals surface area contributed by atoms with Gasteiger partial charge in [0.05, 0.1) is 27.2 Å². The van der Waals surface area contributed by atoms with Crippen LogP contribution >= 0.6 is 11.3 Å². The Hall–Kier alpha value is -3.06. The number of hydrogen-bond acceptors (Lipinski definition) is 4. The molecule has 0 aliphatic carbocycles. The summed E-state index contributed by atoms with van der Waals surface area (Å²) in [6, 6.07) is 12.3. The maximum atomic E-state index is 13.8. The molecule has 0 spiro atoms. The number of rotatable bonds is 5. The maximum Gasteiger partial charge on any atom is 0.252 e. The zero-order valence-corrected chi connectivity index (χ0v) is 16.4. The molecule has 0 saturated heterocycles. The molecule has 0 unspecified atom stereocenters. The number of nitrogens with one attached hydrogen (secondary N) is 1. The van der Waals surface area contributed by atoms with E-state index < -0.39 is 0 Å². The second-order valence-electron chi connectivity index (χ2n) is 6.54. The van der Waals surface area contributed by atoms with Gasteiger partial charge in [-0.2, -0.15) is 5.10 Å². The zero-order valence-electron chi connectivity index (χ0n) is 15.6. The number of halogens is 1. The van der Waals surface area contributed by atoms with Crippen molar-refractivity contribution in [2.45, 2.75) is 13.3 Å². The highest BCUT2D eigenvalue weighted by molar-refractivity contribution is 7.13. The third-order valence-electron chi connectivity index (χ3n) is 4.62. The first-order chi connectivity index (χ1) is 13.5. The van der Waals surface area contributed by atoms with Crippen LogP contribution in [0.4, 0.5) is 4.39 Å². The number of amides is 1. The number of fused-ring (bicyclic) bond motifs is 1. The molecular formula is C21H19FN4OS. The van der Waals surface area contributed by atoms with Crippen LogP contribution in [0.25, 0.3) is 21.6 Å². The molecule has 7 heteroatoms. The number of aromatic nitrogens is 3. The second-order valence-corrected chi connectivity index (χ2v) is 7.48. The highest BCUT2D eigenvalue weighted by Crippen LogP contribution is 2.29. The predicted octanol–water partition coefficient (Wildman–Crippen LogP) is 4.12. The molecule has 28 heavy (non-hydrogen) atoms. The Morgan fingerprint density at radius 1 is 1.25 bits per heavy atom. The van der Waals surface area contributed by atoms with E-state index in [9.17, 15) is 9.18 Å². The molecule has 1 N–H and O–H groups in total. The van der Waals surface area contributed by atoms with Crippen molar-refractivity contribution in [1.29, 1.82) is 0 Å². The van der Waals surface area contributed by atoms with E-state index in [4.69, 9.17) is 4.98 Å². The van der Waals surface area contributed by atoms with Gasteiger partial charge in [0.15, 0.2) is 5.65 Å². The summed E-state index contributed by atoms with van der Waals surface area (Å²) < 4.78 is 15.5. The van der Waals surface area contributed by atoms with Crippen molar-refractivity contribution in [3.63, 3.8) is 0 Å². The SMILES string of the molecule is Cc1nn(C)c2nc(-c3cccs3)cc(C(=O)NCCc3ccccc3F)c12. The van der Waals surface area contributed by atoms with Gasteiger partial charge in [0.2, 0.25) is 0 Å². The molecule has 0 aliphatic heterocycles. The Bertz CT molecular complexity index is 1150. The van der Waals surface area contributed by atoms with Gasteiger partial charge in [0.25, 0.3) is 5.91 Å². The monoisotopic (exact) mass is 394 g/mol. The van der Waals surface area contributed by atoms with Gasteiger partial charge in [-0.05, 0) is 42.5 Å². The van der Waals surface area contributed by atoms with Crippen LogP contribution in [0.1, 0.15) is 21.6 Å². The fourth-order valence-corrected chi connectivity index (χ4v) is 3.97. The second kappa shape index (κ2) is 7.52. The molecule has 4 aromatic rings. The van der Waals surface area contributed by atoms with E-state index in [1.165, 1.54) is 6.07 Å². The fourth-order valence-electron chi connectivity index (χ4n) is 3.28. The normalized spacial score (nSPS) is 11.1.